The Morgan fingerprint density at radius 2 is 2.08 bits per heavy atom. The van der Waals surface area contributed by atoms with Crippen molar-refractivity contribution in [3.8, 4) is 11.8 Å². The van der Waals surface area contributed by atoms with E-state index in [1.807, 2.05) is 6.07 Å². The van der Waals surface area contributed by atoms with E-state index in [1.54, 1.807) is 31.4 Å². The minimum absolute atomic E-state index is 0.150. The van der Waals surface area contributed by atoms with Gasteiger partial charge in [0.1, 0.15) is 5.75 Å². The quantitative estimate of drug-likeness (QED) is 0.757. The third-order valence-corrected chi connectivity index (χ3v) is 1.86. The summed E-state index contributed by atoms with van der Waals surface area (Å²) in [5, 5.41) is 17.5. The fourth-order valence-corrected chi connectivity index (χ4v) is 1.06. The Morgan fingerprint density at radius 1 is 1.46 bits per heavy atom. The number of aliphatic hydroxyl groups excluding tert-OH is 1. The van der Waals surface area contributed by atoms with Crippen LogP contribution in [0.1, 0.15) is 11.5 Å². The molecule has 1 N–H and O–H groups in total. The summed E-state index contributed by atoms with van der Waals surface area (Å²) >= 11 is 0. The summed E-state index contributed by atoms with van der Waals surface area (Å²) in [7, 11) is 1.59. The summed E-state index contributed by atoms with van der Waals surface area (Å²) in [5.41, 5.74) is 0.811. The zero-order valence-corrected chi connectivity index (χ0v) is 7.40. The van der Waals surface area contributed by atoms with Gasteiger partial charge in [0.25, 0.3) is 0 Å². The third kappa shape index (κ3) is 2.20. The van der Waals surface area contributed by atoms with Gasteiger partial charge in [-0.2, -0.15) is 5.26 Å². The maximum Gasteiger partial charge on any atom is 0.118 e. The number of benzene rings is 1. The number of nitriles is 1. The monoisotopic (exact) mass is 177 g/mol. The van der Waals surface area contributed by atoms with Gasteiger partial charge in [0, 0.05) is 0 Å². The lowest BCUT2D eigenvalue weighted by Gasteiger charge is -2.06. The van der Waals surface area contributed by atoms with Gasteiger partial charge in [0.15, 0.2) is 0 Å². The normalized spacial score (nSPS) is 11.8. The van der Waals surface area contributed by atoms with Crippen LogP contribution in [0.5, 0.6) is 5.75 Å². The van der Waals surface area contributed by atoms with E-state index in [1.165, 1.54) is 0 Å². The highest BCUT2D eigenvalue weighted by Gasteiger charge is 2.07. The molecule has 1 atom stereocenters. The molecule has 1 rings (SSSR count). The van der Waals surface area contributed by atoms with Crippen LogP contribution in [0.3, 0.4) is 0 Å². The fraction of sp³-hybridized carbons (Fsp3) is 0.300. The predicted octanol–water partition coefficient (Wildman–Crippen LogP) is 1.29. The average molecular weight is 177 g/mol. The van der Waals surface area contributed by atoms with Crippen LogP contribution in [0, 0.1) is 11.3 Å². The van der Waals surface area contributed by atoms with Crippen molar-refractivity contribution in [3.63, 3.8) is 0 Å². The van der Waals surface area contributed by atoms with Gasteiger partial charge in [0.05, 0.1) is 25.7 Å². The van der Waals surface area contributed by atoms with Gasteiger partial charge in [-0.1, -0.05) is 12.1 Å². The van der Waals surface area contributed by atoms with Crippen molar-refractivity contribution in [1.82, 2.24) is 0 Å². The summed E-state index contributed by atoms with van der Waals surface area (Å²) in [6.45, 7) is -0.150. The van der Waals surface area contributed by atoms with Crippen LogP contribution in [0.25, 0.3) is 0 Å². The predicted molar refractivity (Wildman–Crippen MR) is 48.4 cm³/mol. The van der Waals surface area contributed by atoms with Crippen LogP contribution in [0.4, 0.5) is 0 Å². The van der Waals surface area contributed by atoms with Gasteiger partial charge in [-0.05, 0) is 17.7 Å². The van der Waals surface area contributed by atoms with Gasteiger partial charge >= 0.3 is 0 Å². The Bertz CT molecular complexity index is 300. The Kier molecular flexibility index (Phi) is 3.30. The molecule has 13 heavy (non-hydrogen) atoms. The Balaban J connectivity index is 2.86. The molecule has 0 fully saturated rings. The minimum atomic E-state index is -0.439. The summed E-state index contributed by atoms with van der Waals surface area (Å²) in [6.07, 6.45) is 0. The summed E-state index contributed by atoms with van der Waals surface area (Å²) < 4.78 is 4.97. The van der Waals surface area contributed by atoms with E-state index < -0.39 is 5.92 Å². The number of hydrogen-bond acceptors (Lipinski definition) is 3. The maximum atomic E-state index is 8.85. The number of methoxy groups -OCH3 is 1. The molecule has 0 aliphatic carbocycles. The van der Waals surface area contributed by atoms with Crippen molar-refractivity contribution in [2.45, 2.75) is 5.92 Å². The Labute approximate surface area is 77.2 Å². The average Bonchev–Trinajstić information content (AvgIpc) is 2.21. The molecular weight excluding hydrogens is 166 g/mol. The van der Waals surface area contributed by atoms with E-state index in [-0.39, 0.29) is 6.61 Å². The lowest BCUT2D eigenvalue weighted by molar-refractivity contribution is 0.286. The number of ether oxygens (including phenoxy) is 1. The van der Waals surface area contributed by atoms with Crippen LogP contribution in [0.15, 0.2) is 24.3 Å². The van der Waals surface area contributed by atoms with E-state index in [9.17, 15) is 0 Å². The van der Waals surface area contributed by atoms with Crippen LogP contribution in [0.2, 0.25) is 0 Å². The molecular formula is C10H11NO2. The molecule has 0 saturated carbocycles. The standard InChI is InChI=1S/C10H11NO2/c1-13-10-4-2-8(3-5-10)9(6-11)7-12/h2-5,9,12H,7H2,1H3. The van der Waals surface area contributed by atoms with Crippen LogP contribution < -0.4 is 4.74 Å². The lowest BCUT2D eigenvalue weighted by Crippen LogP contribution is -2.00. The SMILES string of the molecule is COc1ccc(C(C#N)CO)cc1. The van der Waals surface area contributed by atoms with Crippen LogP contribution in [-0.2, 0) is 0 Å². The largest absolute Gasteiger partial charge is 0.497 e. The fourth-order valence-electron chi connectivity index (χ4n) is 1.06. The number of aliphatic hydroxyl groups is 1. The first-order valence-corrected chi connectivity index (χ1v) is 3.96. The first-order chi connectivity index (χ1) is 6.31. The molecule has 0 aliphatic heterocycles. The molecule has 1 unspecified atom stereocenters. The molecule has 0 saturated heterocycles. The Morgan fingerprint density at radius 3 is 2.46 bits per heavy atom. The summed E-state index contributed by atoms with van der Waals surface area (Å²) in [4.78, 5) is 0. The molecule has 68 valence electrons. The second kappa shape index (κ2) is 4.48. The van der Waals surface area contributed by atoms with Crippen molar-refractivity contribution in [3.05, 3.63) is 29.8 Å². The molecule has 0 radical (unpaired) electrons. The number of hydrogen-bond donors (Lipinski definition) is 1. The van der Waals surface area contributed by atoms with Gasteiger partial charge in [-0.15, -0.1) is 0 Å². The molecule has 0 bridgehead atoms. The summed E-state index contributed by atoms with van der Waals surface area (Å²) in [5.74, 6) is 0.310. The van der Waals surface area contributed by atoms with Crippen molar-refractivity contribution >= 4 is 0 Å². The molecule has 1 aromatic rings. The van der Waals surface area contributed by atoms with E-state index in [4.69, 9.17) is 15.1 Å². The van der Waals surface area contributed by atoms with Gasteiger partial charge in [0.2, 0.25) is 0 Å². The van der Waals surface area contributed by atoms with Gasteiger partial charge in [-0.3, -0.25) is 0 Å². The van der Waals surface area contributed by atoms with Crippen molar-refractivity contribution in [1.29, 1.82) is 5.26 Å². The Hall–Kier alpha value is -1.53. The van der Waals surface area contributed by atoms with E-state index in [0.717, 1.165) is 11.3 Å². The molecule has 3 nitrogen and oxygen atoms in total. The maximum absolute atomic E-state index is 8.85. The molecule has 1 aromatic carbocycles. The lowest BCUT2D eigenvalue weighted by atomic mass is 10.0. The zero-order valence-electron chi connectivity index (χ0n) is 7.40. The molecule has 0 aromatic heterocycles. The second-order valence-corrected chi connectivity index (χ2v) is 2.64. The minimum Gasteiger partial charge on any atom is -0.497 e. The van der Waals surface area contributed by atoms with Crippen molar-refractivity contribution in [2.75, 3.05) is 13.7 Å². The smallest absolute Gasteiger partial charge is 0.118 e. The molecule has 0 heterocycles. The van der Waals surface area contributed by atoms with Crippen LogP contribution >= 0.6 is 0 Å². The second-order valence-electron chi connectivity index (χ2n) is 2.64. The highest BCUT2D eigenvalue weighted by Crippen LogP contribution is 2.18. The molecule has 0 amide bonds. The van der Waals surface area contributed by atoms with E-state index >= 15 is 0 Å². The molecule has 0 spiro atoms. The first-order valence-electron chi connectivity index (χ1n) is 3.96. The zero-order chi connectivity index (χ0) is 9.68. The molecule has 0 aliphatic rings. The third-order valence-electron chi connectivity index (χ3n) is 1.86. The van der Waals surface area contributed by atoms with Gasteiger partial charge in [-0.25, -0.2) is 0 Å². The molecule has 3 heteroatoms. The number of nitrogens with zero attached hydrogens (tertiary/aromatic N) is 1. The number of rotatable bonds is 3. The topological polar surface area (TPSA) is 53.2 Å². The van der Waals surface area contributed by atoms with Gasteiger partial charge < -0.3 is 9.84 Å². The van der Waals surface area contributed by atoms with E-state index in [0.29, 0.717) is 0 Å². The van der Waals surface area contributed by atoms with Crippen LogP contribution in [-0.4, -0.2) is 18.8 Å². The first kappa shape index (κ1) is 9.56. The van der Waals surface area contributed by atoms with Crippen molar-refractivity contribution in [2.24, 2.45) is 0 Å². The van der Waals surface area contributed by atoms with E-state index in [2.05, 4.69) is 0 Å². The highest BCUT2D eigenvalue weighted by molar-refractivity contribution is 5.31. The van der Waals surface area contributed by atoms with Crippen molar-refractivity contribution < 1.29 is 9.84 Å². The highest BCUT2D eigenvalue weighted by atomic mass is 16.5. The summed E-state index contributed by atoms with van der Waals surface area (Å²) in [6, 6.07) is 9.12.